The number of halogens is 1. The molecule has 0 aliphatic carbocycles. The van der Waals surface area contributed by atoms with Gasteiger partial charge in [0.15, 0.2) is 9.84 Å². The summed E-state index contributed by atoms with van der Waals surface area (Å²) in [5.74, 6) is 0.0529. The van der Waals surface area contributed by atoms with Gasteiger partial charge in [-0.25, -0.2) is 8.42 Å². The highest BCUT2D eigenvalue weighted by Crippen LogP contribution is 2.33. The van der Waals surface area contributed by atoms with Crippen LogP contribution in [-0.4, -0.2) is 19.8 Å². The Morgan fingerprint density at radius 3 is 2.59 bits per heavy atom. The Bertz CT molecular complexity index is 664. The molecule has 7 heteroatoms. The lowest BCUT2D eigenvalue weighted by Gasteiger charge is -2.06. The number of benzene rings is 1. The van der Waals surface area contributed by atoms with Crippen LogP contribution in [0.4, 0.5) is 5.88 Å². The molecule has 17 heavy (non-hydrogen) atoms. The Labute approximate surface area is 103 Å². The zero-order chi connectivity index (χ0) is 12.6. The van der Waals surface area contributed by atoms with E-state index in [1.165, 1.54) is 24.4 Å². The average Bonchev–Trinajstić information content (AvgIpc) is 2.62. The van der Waals surface area contributed by atoms with E-state index in [4.69, 9.17) is 21.9 Å². The van der Waals surface area contributed by atoms with Crippen LogP contribution < -0.4 is 5.73 Å². The molecule has 0 saturated carbocycles. The lowest BCUT2D eigenvalue weighted by atomic mass is 10.1. The van der Waals surface area contributed by atoms with Gasteiger partial charge in [0, 0.05) is 16.8 Å². The number of nitrogen functional groups attached to an aromatic ring is 1. The van der Waals surface area contributed by atoms with Gasteiger partial charge in [-0.1, -0.05) is 16.8 Å². The quantitative estimate of drug-likeness (QED) is 0.903. The highest BCUT2D eigenvalue weighted by atomic mass is 35.5. The lowest BCUT2D eigenvalue weighted by Crippen LogP contribution is -2.00. The SMILES string of the molecule is CS(=O)(=O)c1ccc(Cl)cc1-c1cnoc1N. The maximum atomic E-state index is 11.6. The molecule has 1 heterocycles. The Hall–Kier alpha value is -1.53. The van der Waals surface area contributed by atoms with Gasteiger partial charge in [-0.2, -0.15) is 0 Å². The van der Waals surface area contributed by atoms with Crippen LogP contribution in [0.15, 0.2) is 33.8 Å². The summed E-state index contributed by atoms with van der Waals surface area (Å²) in [6.07, 6.45) is 2.47. The van der Waals surface area contributed by atoms with Crippen LogP contribution in [0.2, 0.25) is 5.02 Å². The van der Waals surface area contributed by atoms with Crippen molar-refractivity contribution in [3.8, 4) is 11.1 Å². The zero-order valence-corrected chi connectivity index (χ0v) is 10.4. The summed E-state index contributed by atoms with van der Waals surface area (Å²) >= 11 is 5.85. The number of hydrogen-bond donors (Lipinski definition) is 1. The maximum absolute atomic E-state index is 11.6. The molecule has 0 spiro atoms. The van der Waals surface area contributed by atoms with E-state index in [1.807, 2.05) is 0 Å². The molecule has 0 atom stereocenters. The first-order valence-electron chi connectivity index (χ1n) is 4.59. The molecule has 2 rings (SSSR count). The van der Waals surface area contributed by atoms with E-state index in [2.05, 4.69) is 5.16 Å². The van der Waals surface area contributed by atoms with E-state index in [0.29, 0.717) is 16.1 Å². The summed E-state index contributed by atoms with van der Waals surface area (Å²) in [6, 6.07) is 4.45. The van der Waals surface area contributed by atoms with Gasteiger partial charge in [0.25, 0.3) is 0 Å². The average molecular weight is 273 g/mol. The van der Waals surface area contributed by atoms with Gasteiger partial charge in [-0.3, -0.25) is 0 Å². The van der Waals surface area contributed by atoms with Crippen molar-refractivity contribution in [2.45, 2.75) is 4.90 Å². The number of nitrogens with two attached hydrogens (primary N) is 1. The van der Waals surface area contributed by atoms with Crippen LogP contribution in [0.25, 0.3) is 11.1 Å². The highest BCUT2D eigenvalue weighted by Gasteiger charge is 2.18. The monoisotopic (exact) mass is 272 g/mol. The Morgan fingerprint density at radius 2 is 2.06 bits per heavy atom. The molecule has 0 bridgehead atoms. The summed E-state index contributed by atoms with van der Waals surface area (Å²) in [4.78, 5) is 0.136. The van der Waals surface area contributed by atoms with E-state index in [1.54, 1.807) is 0 Å². The Morgan fingerprint density at radius 1 is 1.35 bits per heavy atom. The molecular weight excluding hydrogens is 264 g/mol. The molecule has 2 aromatic rings. The van der Waals surface area contributed by atoms with Crippen LogP contribution in [0.3, 0.4) is 0 Å². The number of anilines is 1. The molecule has 0 fully saturated rings. The summed E-state index contributed by atoms with van der Waals surface area (Å²) in [5.41, 5.74) is 6.37. The molecule has 0 aliphatic heterocycles. The van der Waals surface area contributed by atoms with Crippen LogP contribution in [0.5, 0.6) is 0 Å². The lowest BCUT2D eigenvalue weighted by molar-refractivity contribution is 0.436. The maximum Gasteiger partial charge on any atom is 0.229 e. The number of aromatic nitrogens is 1. The molecule has 0 radical (unpaired) electrons. The molecule has 2 N–H and O–H groups in total. The molecular formula is C10H9ClN2O3S. The molecule has 0 aliphatic rings. The summed E-state index contributed by atoms with van der Waals surface area (Å²) < 4.78 is 28.0. The van der Waals surface area contributed by atoms with Crippen molar-refractivity contribution in [3.63, 3.8) is 0 Å². The van der Waals surface area contributed by atoms with Crippen molar-refractivity contribution >= 4 is 27.3 Å². The minimum Gasteiger partial charge on any atom is -0.367 e. The van der Waals surface area contributed by atoms with Gasteiger partial charge in [0.1, 0.15) is 0 Å². The Kier molecular flexibility index (Phi) is 2.84. The molecule has 1 aromatic carbocycles. The van der Waals surface area contributed by atoms with Crippen LogP contribution in [0, 0.1) is 0 Å². The van der Waals surface area contributed by atoms with Crippen LogP contribution >= 0.6 is 11.6 Å². The van der Waals surface area contributed by atoms with E-state index in [9.17, 15) is 8.42 Å². The second kappa shape index (κ2) is 4.05. The van der Waals surface area contributed by atoms with Gasteiger partial charge in [-0.05, 0) is 18.2 Å². The third-order valence-electron chi connectivity index (χ3n) is 2.23. The highest BCUT2D eigenvalue weighted by molar-refractivity contribution is 7.90. The predicted octanol–water partition coefficient (Wildman–Crippen LogP) is 1.98. The first kappa shape index (κ1) is 11.9. The molecule has 90 valence electrons. The predicted molar refractivity (Wildman–Crippen MR) is 64.5 cm³/mol. The third-order valence-corrected chi connectivity index (χ3v) is 3.62. The first-order chi connectivity index (χ1) is 7.89. The fourth-order valence-electron chi connectivity index (χ4n) is 1.49. The number of nitrogens with zero attached hydrogens (tertiary/aromatic N) is 1. The summed E-state index contributed by atoms with van der Waals surface area (Å²) in [7, 11) is -3.38. The second-order valence-electron chi connectivity index (χ2n) is 3.52. The van der Waals surface area contributed by atoms with Crippen LogP contribution in [-0.2, 0) is 9.84 Å². The van der Waals surface area contributed by atoms with Crippen molar-refractivity contribution in [2.24, 2.45) is 0 Å². The molecule has 0 unspecified atom stereocenters. The number of sulfone groups is 1. The second-order valence-corrected chi connectivity index (χ2v) is 5.94. The van der Waals surface area contributed by atoms with Crippen molar-refractivity contribution in [1.82, 2.24) is 5.16 Å². The van der Waals surface area contributed by atoms with E-state index in [0.717, 1.165) is 6.26 Å². The molecule has 0 amide bonds. The number of rotatable bonds is 2. The van der Waals surface area contributed by atoms with Gasteiger partial charge in [-0.15, -0.1) is 0 Å². The van der Waals surface area contributed by atoms with Crippen molar-refractivity contribution in [3.05, 3.63) is 29.4 Å². The van der Waals surface area contributed by atoms with Gasteiger partial charge < -0.3 is 10.3 Å². The van der Waals surface area contributed by atoms with Crippen molar-refractivity contribution in [1.29, 1.82) is 0 Å². The van der Waals surface area contributed by atoms with E-state index < -0.39 is 9.84 Å². The largest absolute Gasteiger partial charge is 0.367 e. The van der Waals surface area contributed by atoms with Crippen LogP contribution in [0.1, 0.15) is 0 Å². The minimum absolute atomic E-state index is 0.0529. The molecule has 0 saturated heterocycles. The minimum atomic E-state index is -3.38. The van der Waals surface area contributed by atoms with Gasteiger partial charge >= 0.3 is 0 Å². The standard InChI is InChI=1S/C10H9ClN2O3S/c1-17(14,15)9-3-2-6(11)4-7(9)8-5-13-16-10(8)12/h2-5H,12H2,1H3. The third kappa shape index (κ3) is 2.27. The summed E-state index contributed by atoms with van der Waals surface area (Å²) in [6.45, 7) is 0. The fraction of sp³-hybridized carbons (Fsp3) is 0.100. The smallest absolute Gasteiger partial charge is 0.229 e. The normalized spacial score (nSPS) is 11.6. The Balaban J connectivity index is 2.77. The van der Waals surface area contributed by atoms with E-state index in [-0.39, 0.29) is 10.8 Å². The van der Waals surface area contributed by atoms with Crippen molar-refractivity contribution in [2.75, 3.05) is 12.0 Å². The van der Waals surface area contributed by atoms with Gasteiger partial charge in [0.05, 0.1) is 16.7 Å². The zero-order valence-electron chi connectivity index (χ0n) is 8.84. The molecule has 5 nitrogen and oxygen atoms in total. The summed E-state index contributed by atoms with van der Waals surface area (Å²) in [5, 5.41) is 3.92. The van der Waals surface area contributed by atoms with Crippen molar-refractivity contribution < 1.29 is 12.9 Å². The van der Waals surface area contributed by atoms with E-state index >= 15 is 0 Å². The first-order valence-corrected chi connectivity index (χ1v) is 6.86. The fourth-order valence-corrected chi connectivity index (χ4v) is 2.54. The van der Waals surface area contributed by atoms with Gasteiger partial charge in [0.2, 0.25) is 5.88 Å². The number of hydrogen-bond acceptors (Lipinski definition) is 5. The molecule has 1 aromatic heterocycles. The topological polar surface area (TPSA) is 86.2 Å².